The molecule has 0 fully saturated rings. The molecule has 0 N–H and O–H groups in total. The fourth-order valence-electron chi connectivity index (χ4n) is 7.99. The quantitative estimate of drug-likeness (QED) is 0.160. The molecule has 0 aliphatic carbocycles. The van der Waals surface area contributed by atoms with Gasteiger partial charge in [0.25, 0.3) is 0 Å². The van der Waals surface area contributed by atoms with Gasteiger partial charge in [0.05, 0.1) is 22.1 Å². The van der Waals surface area contributed by atoms with Crippen molar-refractivity contribution in [3.8, 4) is 22.5 Å². The van der Waals surface area contributed by atoms with E-state index >= 15 is 4.57 Å². The topological polar surface area (TPSA) is 26.9 Å². The lowest BCUT2D eigenvalue weighted by molar-refractivity contribution is 0.592. The number of hydrogen-bond donors (Lipinski definition) is 0. The predicted molar refractivity (Wildman–Crippen MR) is 220 cm³/mol. The van der Waals surface area contributed by atoms with Crippen molar-refractivity contribution in [2.75, 3.05) is 0 Å². The molecule has 0 radical (unpaired) electrons. The molecule has 0 saturated heterocycles. The van der Waals surface area contributed by atoms with E-state index in [1.54, 1.807) is 0 Å². The normalized spacial score (nSPS) is 11.9. The van der Waals surface area contributed by atoms with Crippen molar-refractivity contribution in [2.24, 2.45) is 0 Å². The fraction of sp³-hybridized carbons (Fsp3) is 0. The summed E-state index contributed by atoms with van der Waals surface area (Å²) >= 11 is 0. The minimum atomic E-state index is -3.10. The average molecular weight is 685 g/mol. The van der Waals surface area contributed by atoms with E-state index in [9.17, 15) is 0 Å². The number of para-hydroxylation sites is 3. The van der Waals surface area contributed by atoms with Crippen LogP contribution in [0.5, 0.6) is 0 Å². The van der Waals surface area contributed by atoms with Gasteiger partial charge in [0.15, 0.2) is 7.14 Å². The molecule has 0 aliphatic rings. The van der Waals surface area contributed by atoms with Gasteiger partial charge >= 0.3 is 0 Å². The Kier molecular flexibility index (Phi) is 7.09. The second kappa shape index (κ2) is 12.1. The van der Waals surface area contributed by atoms with Crippen LogP contribution in [-0.2, 0) is 4.57 Å². The number of nitrogens with zero attached hydrogens (tertiary/aromatic N) is 2. The van der Waals surface area contributed by atoms with Gasteiger partial charge in [0, 0.05) is 48.8 Å². The number of aromatic nitrogens is 2. The van der Waals surface area contributed by atoms with Gasteiger partial charge in [0.1, 0.15) is 0 Å². The Morgan fingerprint density at radius 2 is 0.712 bits per heavy atom. The van der Waals surface area contributed by atoms with Crippen LogP contribution < -0.4 is 15.9 Å². The Morgan fingerprint density at radius 1 is 0.308 bits per heavy atom. The zero-order chi connectivity index (χ0) is 34.6. The summed E-state index contributed by atoms with van der Waals surface area (Å²) in [6.45, 7) is 0. The maximum Gasteiger partial charge on any atom is 0.171 e. The van der Waals surface area contributed by atoms with Crippen molar-refractivity contribution >= 4 is 66.7 Å². The molecule has 0 unspecified atom stereocenters. The van der Waals surface area contributed by atoms with Crippen LogP contribution in [0.25, 0.3) is 66.1 Å². The van der Waals surface area contributed by atoms with Crippen LogP contribution in [0.3, 0.4) is 0 Å². The highest BCUT2D eigenvalue weighted by atomic mass is 31.2. The van der Waals surface area contributed by atoms with Gasteiger partial charge in [-0.25, -0.2) is 0 Å². The minimum absolute atomic E-state index is 0.827. The van der Waals surface area contributed by atoms with Crippen molar-refractivity contribution in [1.29, 1.82) is 0 Å². The third-order valence-electron chi connectivity index (χ3n) is 10.4. The van der Waals surface area contributed by atoms with Crippen LogP contribution in [-0.4, -0.2) is 9.13 Å². The predicted octanol–water partition coefficient (Wildman–Crippen LogP) is 11.2. The number of rotatable bonds is 6. The third-order valence-corrected chi connectivity index (χ3v) is 13.5. The molecule has 246 valence electrons. The first-order chi connectivity index (χ1) is 25.7. The summed E-state index contributed by atoms with van der Waals surface area (Å²) in [5.41, 5.74) is 9.08. The molecule has 2 heterocycles. The molecule has 0 atom stereocenters. The molecule has 0 spiro atoms. The van der Waals surface area contributed by atoms with E-state index in [-0.39, 0.29) is 0 Å². The largest absolute Gasteiger partial charge is 0.309 e. The van der Waals surface area contributed by atoms with Crippen molar-refractivity contribution < 1.29 is 4.57 Å². The van der Waals surface area contributed by atoms with E-state index in [4.69, 9.17) is 0 Å². The second-order valence-corrected chi connectivity index (χ2v) is 16.1. The zero-order valence-corrected chi connectivity index (χ0v) is 29.2. The molecular weight excluding hydrogens is 652 g/mol. The lowest BCUT2D eigenvalue weighted by atomic mass is 10.0. The molecule has 10 aromatic rings. The SMILES string of the molecule is O=P(c1ccccc1)(c1ccccc1)c1cccc(-c2ccc3c(c2)c2ccccc2n3-c2ccc(-n3c4ccccc4c4ccccc43)cc2)c1. The summed E-state index contributed by atoms with van der Waals surface area (Å²) in [4.78, 5) is 0. The Morgan fingerprint density at radius 3 is 1.23 bits per heavy atom. The van der Waals surface area contributed by atoms with Crippen molar-refractivity contribution in [3.05, 3.63) is 200 Å². The van der Waals surface area contributed by atoms with Gasteiger partial charge in [-0.1, -0.05) is 140 Å². The van der Waals surface area contributed by atoms with Crippen LogP contribution in [0.4, 0.5) is 0 Å². The standard InChI is InChI=1S/C48H33N2OP/c51-52(38-15-3-1-4-16-38,39-17-5-2-6-18-39)40-19-13-14-34(32-40)35-26-31-48-44(33-35)43-22-9-12-25-47(43)50(48)37-29-27-36(28-30-37)49-45-23-10-7-20-41(45)42-21-8-11-24-46(42)49/h1-33H. The Balaban J connectivity index is 1.09. The minimum Gasteiger partial charge on any atom is -0.309 e. The first-order valence-corrected chi connectivity index (χ1v) is 19.3. The van der Waals surface area contributed by atoms with Gasteiger partial charge in [0.2, 0.25) is 0 Å². The van der Waals surface area contributed by atoms with Crippen molar-refractivity contribution in [1.82, 2.24) is 9.13 Å². The summed E-state index contributed by atoms with van der Waals surface area (Å²) in [6, 6.07) is 69.6. The van der Waals surface area contributed by atoms with Gasteiger partial charge in [-0.2, -0.15) is 0 Å². The van der Waals surface area contributed by atoms with Crippen LogP contribution in [0, 0.1) is 0 Å². The first-order valence-electron chi connectivity index (χ1n) is 17.6. The summed E-state index contributed by atoms with van der Waals surface area (Å²) in [5, 5.41) is 7.39. The molecule has 10 rings (SSSR count). The van der Waals surface area contributed by atoms with E-state index in [1.807, 2.05) is 72.8 Å². The number of benzene rings is 8. The summed E-state index contributed by atoms with van der Waals surface area (Å²) < 4.78 is 19.9. The molecule has 4 heteroatoms. The molecule has 52 heavy (non-hydrogen) atoms. The molecule has 8 aromatic carbocycles. The van der Waals surface area contributed by atoms with Crippen molar-refractivity contribution in [3.63, 3.8) is 0 Å². The van der Waals surface area contributed by atoms with E-state index < -0.39 is 7.14 Å². The Labute approximate surface area is 302 Å². The monoisotopic (exact) mass is 684 g/mol. The van der Waals surface area contributed by atoms with E-state index in [1.165, 1.54) is 32.6 Å². The van der Waals surface area contributed by atoms with Crippen LogP contribution in [0.1, 0.15) is 0 Å². The van der Waals surface area contributed by atoms with Crippen molar-refractivity contribution in [2.45, 2.75) is 0 Å². The Bertz CT molecular complexity index is 2880. The highest BCUT2D eigenvalue weighted by Crippen LogP contribution is 2.43. The smallest absolute Gasteiger partial charge is 0.171 e. The van der Waals surface area contributed by atoms with E-state index in [2.05, 4.69) is 137 Å². The summed E-state index contributed by atoms with van der Waals surface area (Å²) in [7, 11) is -3.10. The summed E-state index contributed by atoms with van der Waals surface area (Å²) in [5.74, 6) is 0. The van der Waals surface area contributed by atoms with Crippen LogP contribution in [0.2, 0.25) is 0 Å². The maximum atomic E-state index is 15.2. The fourth-order valence-corrected chi connectivity index (χ4v) is 10.7. The number of fused-ring (bicyclic) bond motifs is 6. The molecule has 2 aromatic heterocycles. The maximum absolute atomic E-state index is 15.2. The number of hydrogen-bond acceptors (Lipinski definition) is 1. The first kappa shape index (κ1) is 30.4. The van der Waals surface area contributed by atoms with E-state index in [0.29, 0.717) is 0 Å². The molecule has 3 nitrogen and oxygen atoms in total. The Hall–Kier alpha value is -6.41. The van der Waals surface area contributed by atoms with Gasteiger partial charge < -0.3 is 13.7 Å². The van der Waals surface area contributed by atoms with Gasteiger partial charge in [-0.15, -0.1) is 0 Å². The lowest BCUT2D eigenvalue weighted by Crippen LogP contribution is -2.25. The summed E-state index contributed by atoms with van der Waals surface area (Å²) in [6.07, 6.45) is 0. The second-order valence-electron chi connectivity index (χ2n) is 13.3. The zero-order valence-electron chi connectivity index (χ0n) is 28.3. The van der Waals surface area contributed by atoms with Crippen LogP contribution in [0.15, 0.2) is 200 Å². The average Bonchev–Trinajstić information content (AvgIpc) is 3.74. The highest BCUT2D eigenvalue weighted by molar-refractivity contribution is 7.85. The molecule has 0 aliphatic heterocycles. The molecule has 0 bridgehead atoms. The van der Waals surface area contributed by atoms with Gasteiger partial charge in [-0.3, -0.25) is 0 Å². The van der Waals surface area contributed by atoms with E-state index in [0.717, 1.165) is 49.4 Å². The third kappa shape index (κ3) is 4.71. The van der Waals surface area contributed by atoms with Crippen LogP contribution >= 0.6 is 7.14 Å². The molecular formula is C48H33N2OP. The highest BCUT2D eigenvalue weighted by Gasteiger charge is 2.29. The molecule has 0 saturated carbocycles. The molecule has 0 amide bonds. The lowest BCUT2D eigenvalue weighted by Gasteiger charge is -2.20. The van der Waals surface area contributed by atoms with Gasteiger partial charge in [-0.05, 0) is 71.8 Å².